The predicted octanol–water partition coefficient (Wildman–Crippen LogP) is 4.07. The van der Waals surface area contributed by atoms with Crippen molar-refractivity contribution in [1.82, 2.24) is 5.32 Å². The number of likely N-dealkylation sites (N-methyl/N-ethyl adjacent to an activating group) is 1. The minimum Gasteiger partial charge on any atom is -0.307 e. The first-order chi connectivity index (χ1) is 8.22. The SMILES string of the molecule is C=C(C)C(NCC)c1ccc2ccccc2c1. The average Bonchev–Trinajstić information content (AvgIpc) is 2.35. The monoisotopic (exact) mass is 225 g/mol. The maximum absolute atomic E-state index is 4.07. The average molecular weight is 225 g/mol. The molecule has 0 aliphatic carbocycles. The zero-order valence-electron chi connectivity index (χ0n) is 10.5. The van der Waals surface area contributed by atoms with Gasteiger partial charge in [-0.25, -0.2) is 0 Å². The quantitative estimate of drug-likeness (QED) is 0.773. The summed E-state index contributed by atoms with van der Waals surface area (Å²) in [7, 11) is 0. The fourth-order valence-corrected chi connectivity index (χ4v) is 2.17. The summed E-state index contributed by atoms with van der Waals surface area (Å²) in [5.74, 6) is 0. The molecule has 2 rings (SSSR count). The van der Waals surface area contributed by atoms with Crippen molar-refractivity contribution in [3.8, 4) is 0 Å². The number of benzene rings is 2. The van der Waals surface area contributed by atoms with E-state index >= 15 is 0 Å². The highest BCUT2D eigenvalue weighted by Gasteiger charge is 2.10. The van der Waals surface area contributed by atoms with Gasteiger partial charge in [-0.05, 0) is 35.9 Å². The van der Waals surface area contributed by atoms with Crippen molar-refractivity contribution in [1.29, 1.82) is 0 Å². The molecule has 88 valence electrons. The number of hydrogen-bond donors (Lipinski definition) is 1. The summed E-state index contributed by atoms with van der Waals surface area (Å²) in [4.78, 5) is 0. The molecule has 2 aromatic carbocycles. The van der Waals surface area contributed by atoms with Gasteiger partial charge in [-0.3, -0.25) is 0 Å². The van der Waals surface area contributed by atoms with E-state index < -0.39 is 0 Å². The molecule has 17 heavy (non-hydrogen) atoms. The van der Waals surface area contributed by atoms with Crippen molar-refractivity contribution < 1.29 is 0 Å². The maximum Gasteiger partial charge on any atom is 0.0530 e. The number of fused-ring (bicyclic) bond motifs is 1. The molecule has 0 heterocycles. The first-order valence-corrected chi connectivity index (χ1v) is 6.10. The van der Waals surface area contributed by atoms with Gasteiger partial charge >= 0.3 is 0 Å². The van der Waals surface area contributed by atoms with Gasteiger partial charge in [0.05, 0.1) is 6.04 Å². The van der Waals surface area contributed by atoms with E-state index in [1.165, 1.54) is 16.3 Å². The Morgan fingerprint density at radius 3 is 2.53 bits per heavy atom. The lowest BCUT2D eigenvalue weighted by molar-refractivity contribution is 0.622. The highest BCUT2D eigenvalue weighted by molar-refractivity contribution is 5.83. The van der Waals surface area contributed by atoms with Crippen LogP contribution in [-0.4, -0.2) is 6.54 Å². The van der Waals surface area contributed by atoms with E-state index in [0.29, 0.717) is 0 Å². The molecule has 0 radical (unpaired) electrons. The molecule has 1 N–H and O–H groups in total. The minimum absolute atomic E-state index is 0.254. The van der Waals surface area contributed by atoms with E-state index in [9.17, 15) is 0 Å². The zero-order chi connectivity index (χ0) is 12.3. The second kappa shape index (κ2) is 5.15. The summed E-state index contributed by atoms with van der Waals surface area (Å²) >= 11 is 0. The first-order valence-electron chi connectivity index (χ1n) is 6.10. The van der Waals surface area contributed by atoms with E-state index in [2.05, 4.69) is 68.2 Å². The largest absolute Gasteiger partial charge is 0.307 e. The highest BCUT2D eigenvalue weighted by atomic mass is 14.9. The molecule has 1 nitrogen and oxygen atoms in total. The van der Waals surface area contributed by atoms with Crippen LogP contribution in [-0.2, 0) is 0 Å². The summed E-state index contributed by atoms with van der Waals surface area (Å²) in [6.45, 7) is 9.21. The standard InChI is InChI=1S/C16H19N/c1-4-17-16(12(2)3)15-10-9-13-7-5-6-8-14(13)11-15/h5-11,16-17H,2,4H2,1,3H3. The normalized spacial score (nSPS) is 12.6. The smallest absolute Gasteiger partial charge is 0.0530 e. The molecule has 0 aliphatic rings. The van der Waals surface area contributed by atoms with Crippen LogP contribution >= 0.6 is 0 Å². The molecular weight excluding hydrogens is 206 g/mol. The molecule has 1 heteroatoms. The lowest BCUT2D eigenvalue weighted by Gasteiger charge is -2.19. The fourth-order valence-electron chi connectivity index (χ4n) is 2.17. The third-order valence-corrected chi connectivity index (χ3v) is 3.01. The topological polar surface area (TPSA) is 12.0 Å². The van der Waals surface area contributed by atoms with E-state index in [0.717, 1.165) is 12.1 Å². The van der Waals surface area contributed by atoms with E-state index in [-0.39, 0.29) is 6.04 Å². The van der Waals surface area contributed by atoms with E-state index in [1.54, 1.807) is 0 Å². The van der Waals surface area contributed by atoms with Crippen molar-refractivity contribution in [3.63, 3.8) is 0 Å². The van der Waals surface area contributed by atoms with Crippen LogP contribution in [0.25, 0.3) is 10.8 Å². The Labute approximate surface area is 103 Å². The Hall–Kier alpha value is -1.60. The second-order valence-electron chi connectivity index (χ2n) is 4.44. The van der Waals surface area contributed by atoms with Crippen molar-refractivity contribution in [3.05, 3.63) is 60.2 Å². The van der Waals surface area contributed by atoms with Gasteiger partial charge in [0.2, 0.25) is 0 Å². The second-order valence-corrected chi connectivity index (χ2v) is 4.44. The molecule has 0 amide bonds. The number of nitrogens with one attached hydrogen (secondary N) is 1. The van der Waals surface area contributed by atoms with Gasteiger partial charge in [-0.2, -0.15) is 0 Å². The first kappa shape index (κ1) is 11.9. The van der Waals surface area contributed by atoms with Gasteiger partial charge in [-0.15, -0.1) is 0 Å². The molecule has 1 atom stereocenters. The van der Waals surface area contributed by atoms with Crippen molar-refractivity contribution >= 4 is 10.8 Å². The molecule has 0 aliphatic heterocycles. The van der Waals surface area contributed by atoms with Gasteiger partial charge < -0.3 is 5.32 Å². The molecule has 0 saturated heterocycles. The van der Waals surface area contributed by atoms with Crippen LogP contribution in [0.15, 0.2) is 54.6 Å². The third kappa shape index (κ3) is 2.56. The van der Waals surface area contributed by atoms with Crippen molar-refractivity contribution in [2.24, 2.45) is 0 Å². The van der Waals surface area contributed by atoms with Gasteiger partial charge in [-0.1, -0.05) is 55.5 Å². The molecule has 0 spiro atoms. The van der Waals surface area contributed by atoms with Gasteiger partial charge in [0.1, 0.15) is 0 Å². The Morgan fingerprint density at radius 2 is 1.88 bits per heavy atom. The van der Waals surface area contributed by atoms with E-state index in [4.69, 9.17) is 0 Å². The summed E-state index contributed by atoms with van der Waals surface area (Å²) < 4.78 is 0. The van der Waals surface area contributed by atoms with Crippen LogP contribution in [0.4, 0.5) is 0 Å². The van der Waals surface area contributed by atoms with Crippen LogP contribution in [0.2, 0.25) is 0 Å². The van der Waals surface area contributed by atoms with Gasteiger partial charge in [0, 0.05) is 0 Å². The molecule has 2 aromatic rings. The van der Waals surface area contributed by atoms with Crippen LogP contribution in [0.3, 0.4) is 0 Å². The van der Waals surface area contributed by atoms with Crippen LogP contribution in [0.1, 0.15) is 25.5 Å². The zero-order valence-corrected chi connectivity index (χ0v) is 10.5. The lowest BCUT2D eigenvalue weighted by atomic mass is 9.98. The third-order valence-electron chi connectivity index (χ3n) is 3.01. The molecule has 0 fully saturated rings. The minimum atomic E-state index is 0.254. The Balaban J connectivity index is 2.43. The molecule has 0 aromatic heterocycles. The van der Waals surface area contributed by atoms with Crippen LogP contribution < -0.4 is 5.32 Å². The number of hydrogen-bond acceptors (Lipinski definition) is 1. The summed E-state index contributed by atoms with van der Waals surface area (Å²) in [5, 5.41) is 6.04. The van der Waals surface area contributed by atoms with Crippen LogP contribution in [0.5, 0.6) is 0 Å². The van der Waals surface area contributed by atoms with Gasteiger partial charge in [0.15, 0.2) is 0 Å². The molecule has 1 unspecified atom stereocenters. The van der Waals surface area contributed by atoms with Crippen molar-refractivity contribution in [2.75, 3.05) is 6.54 Å². The van der Waals surface area contributed by atoms with Crippen molar-refractivity contribution in [2.45, 2.75) is 19.9 Å². The maximum atomic E-state index is 4.07. The van der Waals surface area contributed by atoms with E-state index in [1.807, 2.05) is 0 Å². The molecule has 0 saturated carbocycles. The van der Waals surface area contributed by atoms with Crippen LogP contribution in [0, 0.1) is 0 Å². The Bertz CT molecular complexity index is 528. The summed E-state index contributed by atoms with van der Waals surface area (Å²) in [6, 6.07) is 15.3. The number of rotatable bonds is 4. The lowest BCUT2D eigenvalue weighted by Crippen LogP contribution is -2.21. The molecular formula is C16H19N. The molecule has 0 bridgehead atoms. The Morgan fingerprint density at radius 1 is 1.18 bits per heavy atom. The highest BCUT2D eigenvalue weighted by Crippen LogP contribution is 2.24. The van der Waals surface area contributed by atoms with Gasteiger partial charge in [0.25, 0.3) is 0 Å². The summed E-state index contributed by atoms with van der Waals surface area (Å²) in [5.41, 5.74) is 2.44. The summed E-state index contributed by atoms with van der Waals surface area (Å²) in [6.07, 6.45) is 0. The fraction of sp³-hybridized carbons (Fsp3) is 0.250. The Kier molecular flexibility index (Phi) is 3.60. The predicted molar refractivity (Wildman–Crippen MR) is 75.2 cm³/mol.